The average molecular weight is 250 g/mol. The van der Waals surface area contributed by atoms with E-state index in [1.807, 2.05) is 17.9 Å². The number of nitrogens with one attached hydrogen (secondary N) is 1. The first-order chi connectivity index (χ1) is 8.70. The average Bonchev–Trinajstić information content (AvgIpc) is 2.38. The van der Waals surface area contributed by atoms with Gasteiger partial charge in [0.2, 0.25) is 11.8 Å². The van der Waals surface area contributed by atoms with E-state index in [1.54, 1.807) is 6.07 Å². The Morgan fingerprint density at radius 3 is 3.11 bits per heavy atom. The summed E-state index contributed by atoms with van der Waals surface area (Å²) in [6.07, 6.45) is 0.900. The number of pyridine rings is 1. The third-order valence-electron chi connectivity index (χ3n) is 2.68. The van der Waals surface area contributed by atoms with Crippen LogP contribution in [0.25, 0.3) is 0 Å². The summed E-state index contributed by atoms with van der Waals surface area (Å²) in [5.41, 5.74) is 6.32. The molecule has 0 atom stereocenters. The van der Waals surface area contributed by atoms with Gasteiger partial charge in [-0.05, 0) is 18.6 Å². The van der Waals surface area contributed by atoms with Gasteiger partial charge in [0.15, 0.2) is 0 Å². The van der Waals surface area contributed by atoms with Crippen LogP contribution in [0.5, 0.6) is 5.88 Å². The molecule has 0 radical (unpaired) electrons. The Morgan fingerprint density at radius 2 is 2.39 bits per heavy atom. The minimum absolute atomic E-state index is 0.0101. The molecule has 0 spiro atoms. The van der Waals surface area contributed by atoms with Crippen molar-refractivity contribution in [3.63, 3.8) is 0 Å². The Kier molecular flexibility index (Phi) is 3.86. The second-order valence-corrected chi connectivity index (χ2v) is 4.18. The van der Waals surface area contributed by atoms with E-state index < -0.39 is 0 Å². The maximum absolute atomic E-state index is 11.3. The van der Waals surface area contributed by atoms with Crippen molar-refractivity contribution in [2.24, 2.45) is 0 Å². The van der Waals surface area contributed by atoms with E-state index in [0.29, 0.717) is 31.3 Å². The molecule has 2 rings (SSSR count). The monoisotopic (exact) mass is 250 g/mol. The minimum atomic E-state index is 0.0101. The lowest BCUT2D eigenvalue weighted by Crippen LogP contribution is -2.48. The Labute approximate surface area is 106 Å². The molecule has 1 saturated heterocycles. The van der Waals surface area contributed by atoms with Gasteiger partial charge < -0.3 is 20.7 Å². The molecule has 0 saturated carbocycles. The van der Waals surface area contributed by atoms with E-state index in [1.165, 1.54) is 0 Å². The van der Waals surface area contributed by atoms with Gasteiger partial charge in [0, 0.05) is 13.1 Å². The predicted molar refractivity (Wildman–Crippen MR) is 69.7 cm³/mol. The van der Waals surface area contributed by atoms with Crippen LogP contribution >= 0.6 is 0 Å². The summed E-state index contributed by atoms with van der Waals surface area (Å²) >= 11 is 0. The Balaban J connectivity index is 2.15. The van der Waals surface area contributed by atoms with Gasteiger partial charge >= 0.3 is 0 Å². The first-order valence-electron chi connectivity index (χ1n) is 6.11. The standard InChI is InChI=1S/C12H18N4O2/c1-2-7-18-12-9(13)3-4-10(15-12)16-6-5-14-11(17)8-16/h3-4H,2,5-8,13H2,1H3,(H,14,17). The van der Waals surface area contributed by atoms with Gasteiger partial charge in [-0.2, -0.15) is 4.98 Å². The summed E-state index contributed by atoms with van der Waals surface area (Å²) in [5.74, 6) is 1.18. The van der Waals surface area contributed by atoms with Crippen LogP contribution < -0.4 is 20.7 Å². The first-order valence-corrected chi connectivity index (χ1v) is 6.11. The number of nitrogens with zero attached hydrogens (tertiary/aromatic N) is 2. The number of nitrogen functional groups attached to an aromatic ring is 1. The Hall–Kier alpha value is -1.98. The predicted octanol–water partition coefficient (Wildman–Crippen LogP) is 0.389. The third-order valence-corrected chi connectivity index (χ3v) is 2.68. The van der Waals surface area contributed by atoms with E-state index in [-0.39, 0.29) is 5.91 Å². The number of carbonyl (C=O) groups excluding carboxylic acids is 1. The van der Waals surface area contributed by atoms with Crippen molar-refractivity contribution >= 4 is 17.4 Å². The zero-order valence-electron chi connectivity index (χ0n) is 10.5. The molecule has 0 bridgehead atoms. The van der Waals surface area contributed by atoms with E-state index in [4.69, 9.17) is 10.5 Å². The molecule has 6 heteroatoms. The SMILES string of the molecule is CCCOc1nc(N2CCNC(=O)C2)ccc1N. The summed E-state index contributed by atoms with van der Waals surface area (Å²) in [5, 5.41) is 2.78. The zero-order valence-corrected chi connectivity index (χ0v) is 10.5. The summed E-state index contributed by atoms with van der Waals surface area (Å²) in [4.78, 5) is 17.6. The largest absolute Gasteiger partial charge is 0.476 e. The van der Waals surface area contributed by atoms with Crippen LogP contribution in [0.1, 0.15) is 13.3 Å². The number of carbonyl (C=O) groups is 1. The summed E-state index contributed by atoms with van der Waals surface area (Å²) < 4.78 is 5.48. The zero-order chi connectivity index (χ0) is 13.0. The van der Waals surface area contributed by atoms with Gasteiger partial charge in [0.1, 0.15) is 5.82 Å². The van der Waals surface area contributed by atoms with E-state index in [9.17, 15) is 4.79 Å². The molecule has 0 unspecified atom stereocenters. The summed E-state index contributed by atoms with van der Waals surface area (Å²) in [6, 6.07) is 3.58. The number of hydrogen-bond acceptors (Lipinski definition) is 5. The number of piperazine rings is 1. The lowest BCUT2D eigenvalue weighted by atomic mass is 10.3. The lowest BCUT2D eigenvalue weighted by molar-refractivity contribution is -0.120. The highest BCUT2D eigenvalue weighted by molar-refractivity contribution is 5.82. The smallest absolute Gasteiger partial charge is 0.239 e. The first kappa shape index (κ1) is 12.5. The van der Waals surface area contributed by atoms with Crippen LogP contribution in [-0.2, 0) is 4.79 Å². The molecule has 1 fully saturated rings. The summed E-state index contributed by atoms with van der Waals surface area (Å²) in [6.45, 7) is 4.31. The van der Waals surface area contributed by atoms with Crippen LogP contribution in [0.2, 0.25) is 0 Å². The highest BCUT2D eigenvalue weighted by atomic mass is 16.5. The molecule has 0 aliphatic carbocycles. The molecule has 6 nitrogen and oxygen atoms in total. The third kappa shape index (κ3) is 2.82. The molecule has 3 N–H and O–H groups in total. The molecule has 1 aromatic heterocycles. The van der Waals surface area contributed by atoms with Crippen LogP contribution in [0.15, 0.2) is 12.1 Å². The van der Waals surface area contributed by atoms with Crippen LogP contribution in [0, 0.1) is 0 Å². The van der Waals surface area contributed by atoms with Crippen LogP contribution in [0.3, 0.4) is 0 Å². The van der Waals surface area contributed by atoms with Crippen molar-refractivity contribution in [2.75, 3.05) is 36.9 Å². The number of anilines is 2. The van der Waals surface area contributed by atoms with Gasteiger partial charge in [-0.15, -0.1) is 0 Å². The highest BCUT2D eigenvalue weighted by Crippen LogP contribution is 2.23. The fourth-order valence-corrected chi connectivity index (χ4v) is 1.77. The molecule has 1 aliphatic heterocycles. The molecule has 1 aromatic rings. The second kappa shape index (κ2) is 5.57. The Morgan fingerprint density at radius 1 is 1.56 bits per heavy atom. The van der Waals surface area contributed by atoms with Crippen molar-refractivity contribution < 1.29 is 9.53 Å². The molecular formula is C12H18N4O2. The Bertz CT molecular complexity index is 436. The highest BCUT2D eigenvalue weighted by Gasteiger charge is 2.18. The maximum Gasteiger partial charge on any atom is 0.239 e. The van der Waals surface area contributed by atoms with Crippen molar-refractivity contribution in [2.45, 2.75) is 13.3 Å². The van der Waals surface area contributed by atoms with Gasteiger partial charge in [-0.3, -0.25) is 4.79 Å². The molecule has 2 heterocycles. The van der Waals surface area contributed by atoms with Gasteiger partial charge in [0.05, 0.1) is 18.8 Å². The number of rotatable bonds is 4. The topological polar surface area (TPSA) is 80.5 Å². The van der Waals surface area contributed by atoms with Crippen LogP contribution in [0.4, 0.5) is 11.5 Å². The normalized spacial score (nSPS) is 15.4. The van der Waals surface area contributed by atoms with Crippen molar-refractivity contribution in [1.29, 1.82) is 0 Å². The number of amides is 1. The van der Waals surface area contributed by atoms with Crippen molar-refractivity contribution in [3.8, 4) is 5.88 Å². The second-order valence-electron chi connectivity index (χ2n) is 4.18. The fourth-order valence-electron chi connectivity index (χ4n) is 1.77. The molecule has 1 aliphatic rings. The van der Waals surface area contributed by atoms with Crippen molar-refractivity contribution in [3.05, 3.63) is 12.1 Å². The molecule has 1 amide bonds. The number of hydrogen-bond donors (Lipinski definition) is 2. The lowest BCUT2D eigenvalue weighted by Gasteiger charge is -2.27. The van der Waals surface area contributed by atoms with E-state index >= 15 is 0 Å². The van der Waals surface area contributed by atoms with Crippen molar-refractivity contribution in [1.82, 2.24) is 10.3 Å². The summed E-state index contributed by atoms with van der Waals surface area (Å²) in [7, 11) is 0. The number of nitrogens with two attached hydrogens (primary N) is 1. The van der Waals surface area contributed by atoms with Crippen LogP contribution in [-0.4, -0.2) is 37.1 Å². The van der Waals surface area contributed by atoms with Gasteiger partial charge in [0.25, 0.3) is 0 Å². The fraction of sp³-hybridized carbons (Fsp3) is 0.500. The number of ether oxygens (including phenoxy) is 1. The molecular weight excluding hydrogens is 232 g/mol. The maximum atomic E-state index is 11.3. The number of aromatic nitrogens is 1. The molecule has 98 valence electrons. The molecule has 0 aromatic carbocycles. The quantitative estimate of drug-likeness (QED) is 0.808. The van der Waals surface area contributed by atoms with Gasteiger partial charge in [-0.1, -0.05) is 6.92 Å². The van der Waals surface area contributed by atoms with Gasteiger partial charge in [-0.25, -0.2) is 0 Å². The molecule has 18 heavy (non-hydrogen) atoms. The van der Waals surface area contributed by atoms with E-state index in [0.717, 1.165) is 18.8 Å². The minimum Gasteiger partial charge on any atom is -0.476 e. The van der Waals surface area contributed by atoms with E-state index in [2.05, 4.69) is 10.3 Å².